The second kappa shape index (κ2) is 8.79. The van der Waals surface area contributed by atoms with Crippen LogP contribution in [0.1, 0.15) is 35.1 Å². The number of nitrogens with one attached hydrogen (secondary N) is 2. The molecule has 7 nitrogen and oxygen atoms in total. The molecule has 3 rings (SSSR count). The fraction of sp³-hybridized carbons (Fsp3) is 0.250. The summed E-state index contributed by atoms with van der Waals surface area (Å²) in [6.45, 7) is 3.56. The Bertz CT molecular complexity index is 888. The van der Waals surface area contributed by atoms with Crippen LogP contribution in [0.3, 0.4) is 0 Å². The molecule has 0 aromatic heterocycles. The third-order valence-corrected chi connectivity index (χ3v) is 5.23. The number of hydrogen-bond acceptors (Lipinski definition) is 5. The van der Waals surface area contributed by atoms with Crippen LogP contribution < -0.4 is 15.5 Å². The first-order chi connectivity index (χ1) is 13.5. The molecule has 0 spiro atoms. The molecule has 0 aliphatic carbocycles. The van der Waals surface area contributed by atoms with Crippen molar-refractivity contribution in [3.63, 3.8) is 0 Å². The Balaban J connectivity index is 1.83. The highest BCUT2D eigenvalue weighted by molar-refractivity contribution is 8.00. The largest absolute Gasteiger partial charge is 0.493 e. The van der Waals surface area contributed by atoms with Gasteiger partial charge in [-0.15, -0.1) is 11.8 Å². The van der Waals surface area contributed by atoms with Crippen molar-refractivity contribution >= 4 is 35.2 Å². The van der Waals surface area contributed by atoms with Crippen molar-refractivity contribution in [2.75, 3.05) is 17.7 Å². The van der Waals surface area contributed by atoms with Crippen LogP contribution in [-0.2, 0) is 9.59 Å². The van der Waals surface area contributed by atoms with Crippen molar-refractivity contribution in [1.29, 1.82) is 0 Å². The van der Waals surface area contributed by atoms with Gasteiger partial charge in [0, 0.05) is 18.7 Å². The van der Waals surface area contributed by atoms with Crippen LogP contribution in [0.4, 0.5) is 5.69 Å². The van der Waals surface area contributed by atoms with Gasteiger partial charge in [-0.25, -0.2) is 5.01 Å². The summed E-state index contributed by atoms with van der Waals surface area (Å²) < 4.78 is 5.56. The zero-order valence-electron chi connectivity index (χ0n) is 15.6. The van der Waals surface area contributed by atoms with Gasteiger partial charge in [0.05, 0.1) is 17.9 Å². The summed E-state index contributed by atoms with van der Waals surface area (Å²) >= 11 is 1.46. The van der Waals surface area contributed by atoms with Crippen LogP contribution in [0.25, 0.3) is 0 Å². The maximum atomic E-state index is 12.9. The van der Waals surface area contributed by atoms with E-state index >= 15 is 0 Å². The van der Waals surface area contributed by atoms with Gasteiger partial charge in [-0.05, 0) is 24.6 Å². The van der Waals surface area contributed by atoms with Crippen molar-refractivity contribution in [2.24, 2.45) is 0 Å². The predicted octanol–water partition coefficient (Wildman–Crippen LogP) is 2.96. The molecule has 0 radical (unpaired) electrons. The topological polar surface area (TPSA) is 87.7 Å². The molecule has 3 amide bonds. The predicted molar refractivity (Wildman–Crippen MR) is 108 cm³/mol. The minimum atomic E-state index is -0.449. The number of carbonyl (C=O) groups is 3. The lowest BCUT2D eigenvalue weighted by Gasteiger charge is -2.25. The van der Waals surface area contributed by atoms with Gasteiger partial charge in [0.15, 0.2) is 0 Å². The van der Waals surface area contributed by atoms with Gasteiger partial charge in [0.2, 0.25) is 5.91 Å². The number of thioether (sulfide) groups is 1. The molecule has 2 aromatic rings. The number of carbonyl (C=O) groups excluding carboxylic acids is 3. The van der Waals surface area contributed by atoms with E-state index in [0.717, 1.165) is 5.56 Å². The Morgan fingerprint density at radius 3 is 2.64 bits per heavy atom. The Morgan fingerprint density at radius 2 is 1.96 bits per heavy atom. The molecule has 1 atom stereocenters. The number of ether oxygens (including phenoxy) is 1. The molecule has 1 saturated heterocycles. The van der Waals surface area contributed by atoms with Crippen LogP contribution in [0, 0.1) is 0 Å². The Morgan fingerprint density at radius 1 is 1.21 bits per heavy atom. The first-order valence-electron chi connectivity index (χ1n) is 8.83. The summed E-state index contributed by atoms with van der Waals surface area (Å²) in [5.41, 5.74) is 4.46. The Kier molecular flexibility index (Phi) is 6.20. The number of rotatable bonds is 6. The molecule has 146 valence electrons. The number of nitrogens with zero attached hydrogens (tertiary/aromatic N) is 1. The summed E-state index contributed by atoms with van der Waals surface area (Å²) in [5.74, 6) is -0.207. The fourth-order valence-corrected chi connectivity index (χ4v) is 3.95. The SMILES string of the molecule is CCOc1cc(NC(C)=O)ccc1C(=O)NN1C(=O)CS[C@H]1c1ccccc1. The molecule has 1 heterocycles. The fourth-order valence-electron chi connectivity index (χ4n) is 2.84. The molecule has 2 N–H and O–H groups in total. The van der Waals surface area contributed by atoms with Crippen molar-refractivity contribution < 1.29 is 19.1 Å². The van der Waals surface area contributed by atoms with Crippen LogP contribution >= 0.6 is 11.8 Å². The summed E-state index contributed by atoms with van der Waals surface area (Å²) in [5, 5.41) is 3.74. The van der Waals surface area contributed by atoms with Crippen molar-refractivity contribution in [3.8, 4) is 5.75 Å². The molecular formula is C20H21N3O4S. The number of amides is 3. The second-order valence-electron chi connectivity index (χ2n) is 6.10. The van der Waals surface area contributed by atoms with Crippen molar-refractivity contribution in [2.45, 2.75) is 19.2 Å². The lowest BCUT2D eigenvalue weighted by molar-refractivity contribution is -0.130. The highest BCUT2D eigenvalue weighted by Crippen LogP contribution is 2.37. The molecule has 1 aliphatic heterocycles. The van der Waals surface area contributed by atoms with Crippen LogP contribution in [0.15, 0.2) is 48.5 Å². The van der Waals surface area contributed by atoms with Crippen LogP contribution in [-0.4, -0.2) is 35.1 Å². The van der Waals surface area contributed by atoms with E-state index in [1.165, 1.54) is 23.7 Å². The number of benzene rings is 2. The van der Waals surface area contributed by atoms with E-state index < -0.39 is 5.91 Å². The molecule has 0 saturated carbocycles. The molecule has 0 bridgehead atoms. The van der Waals surface area contributed by atoms with Gasteiger partial charge in [0.25, 0.3) is 11.8 Å². The van der Waals surface area contributed by atoms with Crippen molar-refractivity contribution in [3.05, 3.63) is 59.7 Å². The standard InChI is InChI=1S/C20H21N3O4S/c1-3-27-17-11-15(21-13(2)24)9-10-16(17)19(26)22-23-18(25)12-28-20(23)14-7-5-4-6-8-14/h4-11,20H,3,12H2,1-2H3,(H,21,24)(H,22,26)/t20-/m0/s1. The molecule has 2 aromatic carbocycles. The number of hydrazine groups is 1. The zero-order valence-corrected chi connectivity index (χ0v) is 16.4. The van der Waals surface area contributed by atoms with Gasteiger partial charge in [-0.2, -0.15) is 0 Å². The van der Waals surface area contributed by atoms with E-state index in [2.05, 4.69) is 10.7 Å². The van der Waals surface area contributed by atoms with E-state index in [1.807, 2.05) is 30.3 Å². The maximum absolute atomic E-state index is 12.9. The summed E-state index contributed by atoms with van der Waals surface area (Å²) in [6, 6.07) is 14.3. The normalized spacial score (nSPS) is 16.0. The van der Waals surface area contributed by atoms with Crippen LogP contribution in [0.5, 0.6) is 5.75 Å². The average Bonchev–Trinajstić information content (AvgIpc) is 3.03. The Labute approximate surface area is 167 Å². The minimum Gasteiger partial charge on any atom is -0.493 e. The number of anilines is 1. The van der Waals surface area contributed by atoms with Gasteiger partial charge >= 0.3 is 0 Å². The molecule has 8 heteroatoms. The number of hydrogen-bond donors (Lipinski definition) is 2. The van der Waals surface area contributed by atoms with Gasteiger partial charge in [-0.1, -0.05) is 30.3 Å². The van der Waals surface area contributed by atoms with Gasteiger partial charge < -0.3 is 10.1 Å². The molecule has 28 heavy (non-hydrogen) atoms. The maximum Gasteiger partial charge on any atom is 0.273 e. The Hall–Kier alpha value is -3.00. The third-order valence-electron chi connectivity index (χ3n) is 4.02. The molecule has 1 aliphatic rings. The van der Waals surface area contributed by atoms with E-state index in [4.69, 9.17) is 4.74 Å². The van der Waals surface area contributed by atoms with E-state index in [1.54, 1.807) is 25.1 Å². The molecule has 0 unspecified atom stereocenters. The first kappa shape index (κ1) is 19.8. The van der Waals surface area contributed by atoms with E-state index in [-0.39, 0.29) is 22.8 Å². The molecule has 1 fully saturated rings. The average molecular weight is 399 g/mol. The van der Waals surface area contributed by atoms with Gasteiger partial charge in [-0.3, -0.25) is 19.8 Å². The van der Waals surface area contributed by atoms with E-state index in [9.17, 15) is 14.4 Å². The lowest BCUT2D eigenvalue weighted by atomic mass is 10.1. The summed E-state index contributed by atoms with van der Waals surface area (Å²) in [4.78, 5) is 36.5. The van der Waals surface area contributed by atoms with Crippen LogP contribution in [0.2, 0.25) is 0 Å². The highest BCUT2D eigenvalue weighted by atomic mass is 32.2. The minimum absolute atomic E-state index is 0.167. The highest BCUT2D eigenvalue weighted by Gasteiger charge is 2.34. The summed E-state index contributed by atoms with van der Waals surface area (Å²) in [6.07, 6.45) is 0. The van der Waals surface area contributed by atoms with Crippen molar-refractivity contribution in [1.82, 2.24) is 10.4 Å². The second-order valence-corrected chi connectivity index (χ2v) is 7.17. The lowest BCUT2D eigenvalue weighted by Crippen LogP contribution is -2.44. The summed E-state index contributed by atoms with van der Waals surface area (Å²) in [7, 11) is 0. The zero-order chi connectivity index (χ0) is 20.1. The monoisotopic (exact) mass is 399 g/mol. The quantitative estimate of drug-likeness (QED) is 0.780. The third kappa shape index (κ3) is 4.45. The first-order valence-corrected chi connectivity index (χ1v) is 9.88. The van der Waals surface area contributed by atoms with E-state index in [0.29, 0.717) is 23.8 Å². The van der Waals surface area contributed by atoms with Gasteiger partial charge in [0.1, 0.15) is 11.1 Å². The molecular weight excluding hydrogens is 378 g/mol. The smallest absolute Gasteiger partial charge is 0.273 e.